The molecule has 3 aromatic heterocycles. The standard InChI is InChI=1S/C25H25N5O2/c1-15(2)32-19-8-6-7-17(11-19)18-9-10-21-20(12-18)24-22(13-26-21)29(5)25(31)30(24)23-14-28(4)27-16(23)3/h6-15H,1-5H3. The van der Waals surface area contributed by atoms with Crippen LogP contribution in [0.2, 0.25) is 0 Å². The molecule has 0 atom stereocenters. The number of aromatic nitrogens is 5. The van der Waals surface area contributed by atoms with E-state index in [1.54, 1.807) is 27.1 Å². The van der Waals surface area contributed by atoms with Crippen LogP contribution in [0.5, 0.6) is 5.75 Å². The Kier molecular flexibility index (Phi) is 4.62. The summed E-state index contributed by atoms with van der Waals surface area (Å²) in [6, 6.07) is 14.2. The van der Waals surface area contributed by atoms with Gasteiger partial charge in [0.25, 0.3) is 0 Å². The number of ether oxygens (including phenoxy) is 1. The van der Waals surface area contributed by atoms with E-state index in [-0.39, 0.29) is 11.8 Å². The zero-order valence-electron chi connectivity index (χ0n) is 18.8. The van der Waals surface area contributed by atoms with Gasteiger partial charge in [-0.25, -0.2) is 4.79 Å². The summed E-state index contributed by atoms with van der Waals surface area (Å²) in [6.07, 6.45) is 3.74. The Bertz CT molecular complexity index is 1540. The number of rotatable bonds is 4. The number of nitrogens with zero attached hydrogens (tertiary/aromatic N) is 5. The van der Waals surface area contributed by atoms with Gasteiger partial charge in [0.15, 0.2) is 0 Å². The molecule has 32 heavy (non-hydrogen) atoms. The zero-order valence-corrected chi connectivity index (χ0v) is 18.8. The average Bonchev–Trinajstić information content (AvgIpc) is 3.22. The maximum absolute atomic E-state index is 13.2. The highest BCUT2D eigenvalue weighted by Crippen LogP contribution is 2.31. The second-order valence-electron chi connectivity index (χ2n) is 8.37. The molecule has 7 heteroatoms. The van der Waals surface area contributed by atoms with Gasteiger partial charge in [0.05, 0.1) is 40.2 Å². The quantitative estimate of drug-likeness (QED) is 0.427. The van der Waals surface area contributed by atoms with Gasteiger partial charge >= 0.3 is 5.69 Å². The molecule has 0 aliphatic carbocycles. The van der Waals surface area contributed by atoms with E-state index in [1.165, 1.54) is 0 Å². The van der Waals surface area contributed by atoms with Gasteiger partial charge in [0, 0.05) is 25.7 Å². The second-order valence-corrected chi connectivity index (χ2v) is 8.37. The topological polar surface area (TPSA) is 66.9 Å². The van der Waals surface area contributed by atoms with Gasteiger partial charge < -0.3 is 4.74 Å². The number of aryl methyl sites for hydroxylation is 3. The summed E-state index contributed by atoms with van der Waals surface area (Å²) in [5.41, 5.74) is 5.96. The van der Waals surface area contributed by atoms with Crippen molar-refractivity contribution in [3.05, 3.63) is 71.0 Å². The van der Waals surface area contributed by atoms with Crippen molar-refractivity contribution in [2.45, 2.75) is 26.9 Å². The molecule has 0 unspecified atom stereocenters. The molecule has 0 saturated carbocycles. The fraction of sp³-hybridized carbons (Fsp3) is 0.240. The monoisotopic (exact) mass is 427 g/mol. The fourth-order valence-corrected chi connectivity index (χ4v) is 4.23. The van der Waals surface area contributed by atoms with Crippen LogP contribution in [0.4, 0.5) is 0 Å². The molecular formula is C25H25N5O2. The molecule has 162 valence electrons. The third kappa shape index (κ3) is 3.17. The van der Waals surface area contributed by atoms with Crippen molar-refractivity contribution in [1.29, 1.82) is 0 Å². The number of benzene rings is 2. The Morgan fingerprint density at radius 3 is 2.53 bits per heavy atom. The van der Waals surface area contributed by atoms with Gasteiger partial charge in [0.2, 0.25) is 0 Å². The lowest BCUT2D eigenvalue weighted by molar-refractivity contribution is 0.242. The first kappa shape index (κ1) is 20.1. The van der Waals surface area contributed by atoms with E-state index in [0.717, 1.165) is 50.2 Å². The van der Waals surface area contributed by atoms with Crippen LogP contribution in [0.15, 0.2) is 59.7 Å². The number of hydrogen-bond donors (Lipinski definition) is 0. The maximum atomic E-state index is 13.2. The van der Waals surface area contributed by atoms with Crippen molar-refractivity contribution in [3.63, 3.8) is 0 Å². The number of pyridine rings is 1. The van der Waals surface area contributed by atoms with Crippen molar-refractivity contribution in [2.75, 3.05) is 0 Å². The van der Waals surface area contributed by atoms with Gasteiger partial charge in [-0.2, -0.15) is 5.10 Å². The molecule has 0 spiro atoms. The van der Waals surface area contributed by atoms with Gasteiger partial charge in [-0.05, 0) is 56.2 Å². The van der Waals surface area contributed by atoms with Crippen LogP contribution in [-0.2, 0) is 14.1 Å². The van der Waals surface area contributed by atoms with Crippen molar-refractivity contribution < 1.29 is 4.74 Å². The summed E-state index contributed by atoms with van der Waals surface area (Å²) in [6.45, 7) is 5.94. The van der Waals surface area contributed by atoms with Crippen LogP contribution in [-0.4, -0.2) is 30.0 Å². The van der Waals surface area contributed by atoms with Gasteiger partial charge in [0.1, 0.15) is 5.75 Å². The lowest BCUT2D eigenvalue weighted by Gasteiger charge is -2.12. The molecule has 5 aromatic rings. The SMILES string of the molecule is Cc1nn(C)cc1-n1c(=O)n(C)c2cnc3ccc(-c4cccc(OC(C)C)c4)cc3c21. The Morgan fingerprint density at radius 1 is 1.03 bits per heavy atom. The Morgan fingerprint density at radius 2 is 1.81 bits per heavy atom. The highest BCUT2D eigenvalue weighted by molar-refractivity contribution is 6.04. The Hall–Kier alpha value is -3.87. The molecule has 0 aliphatic heterocycles. The third-order valence-corrected chi connectivity index (χ3v) is 5.65. The summed E-state index contributed by atoms with van der Waals surface area (Å²) in [5, 5.41) is 5.35. The van der Waals surface area contributed by atoms with Crippen molar-refractivity contribution >= 4 is 21.9 Å². The van der Waals surface area contributed by atoms with Gasteiger partial charge in [-0.3, -0.25) is 18.8 Å². The molecule has 0 fully saturated rings. The van der Waals surface area contributed by atoms with E-state index < -0.39 is 0 Å². The summed E-state index contributed by atoms with van der Waals surface area (Å²) < 4.78 is 11.0. The molecule has 0 aliphatic rings. The minimum atomic E-state index is -0.122. The molecular weight excluding hydrogens is 402 g/mol. The van der Waals surface area contributed by atoms with Crippen LogP contribution in [0.1, 0.15) is 19.5 Å². The first-order chi connectivity index (χ1) is 15.3. The van der Waals surface area contributed by atoms with Gasteiger partial charge in [-0.15, -0.1) is 0 Å². The molecule has 0 bridgehead atoms. The van der Waals surface area contributed by atoms with E-state index in [4.69, 9.17) is 4.74 Å². The fourth-order valence-electron chi connectivity index (χ4n) is 4.23. The predicted octanol–water partition coefficient (Wildman–Crippen LogP) is 4.37. The van der Waals surface area contributed by atoms with E-state index >= 15 is 0 Å². The van der Waals surface area contributed by atoms with Gasteiger partial charge in [-0.1, -0.05) is 18.2 Å². The molecule has 0 amide bonds. The van der Waals surface area contributed by atoms with E-state index in [1.807, 2.05) is 58.3 Å². The van der Waals surface area contributed by atoms with E-state index in [0.29, 0.717) is 0 Å². The largest absolute Gasteiger partial charge is 0.491 e. The highest BCUT2D eigenvalue weighted by Gasteiger charge is 2.19. The van der Waals surface area contributed by atoms with Crippen LogP contribution in [0.3, 0.4) is 0 Å². The first-order valence-corrected chi connectivity index (χ1v) is 10.6. The zero-order chi connectivity index (χ0) is 22.6. The normalized spacial score (nSPS) is 11.7. The first-order valence-electron chi connectivity index (χ1n) is 10.6. The number of fused-ring (bicyclic) bond motifs is 3. The number of imidazole rings is 1. The summed E-state index contributed by atoms with van der Waals surface area (Å²) in [7, 11) is 3.63. The Labute approximate surface area is 185 Å². The minimum absolute atomic E-state index is 0.104. The highest BCUT2D eigenvalue weighted by atomic mass is 16.5. The maximum Gasteiger partial charge on any atom is 0.333 e. The van der Waals surface area contributed by atoms with Crippen LogP contribution in [0.25, 0.3) is 38.8 Å². The molecule has 5 rings (SSSR count). The Balaban J connectivity index is 1.79. The lowest BCUT2D eigenvalue weighted by atomic mass is 10.0. The van der Waals surface area contributed by atoms with Crippen LogP contribution in [0, 0.1) is 6.92 Å². The molecule has 2 aromatic carbocycles. The lowest BCUT2D eigenvalue weighted by Crippen LogP contribution is -2.21. The molecule has 7 nitrogen and oxygen atoms in total. The molecule has 0 N–H and O–H groups in total. The van der Waals surface area contributed by atoms with Crippen LogP contribution < -0.4 is 10.4 Å². The third-order valence-electron chi connectivity index (χ3n) is 5.65. The second kappa shape index (κ2) is 7.37. The molecule has 0 saturated heterocycles. The van der Waals surface area contributed by atoms with Crippen molar-refractivity contribution in [3.8, 4) is 22.6 Å². The predicted molar refractivity (Wildman–Crippen MR) is 127 cm³/mol. The van der Waals surface area contributed by atoms with E-state index in [2.05, 4.69) is 28.3 Å². The number of hydrogen-bond acceptors (Lipinski definition) is 4. The minimum Gasteiger partial charge on any atom is -0.491 e. The summed E-state index contributed by atoms with van der Waals surface area (Å²) >= 11 is 0. The van der Waals surface area contributed by atoms with Crippen molar-refractivity contribution in [1.82, 2.24) is 23.9 Å². The average molecular weight is 428 g/mol. The summed E-state index contributed by atoms with van der Waals surface area (Å²) in [4.78, 5) is 17.9. The van der Waals surface area contributed by atoms with Crippen LogP contribution >= 0.6 is 0 Å². The molecule has 3 heterocycles. The van der Waals surface area contributed by atoms with E-state index in [9.17, 15) is 4.79 Å². The smallest absolute Gasteiger partial charge is 0.333 e. The van der Waals surface area contributed by atoms with Crippen molar-refractivity contribution in [2.24, 2.45) is 14.1 Å². The summed E-state index contributed by atoms with van der Waals surface area (Å²) in [5.74, 6) is 0.830. The molecule has 0 radical (unpaired) electrons.